The molecule has 1 aromatic carbocycles. The summed E-state index contributed by atoms with van der Waals surface area (Å²) in [6, 6.07) is 4.60. The number of nitrogens with zero attached hydrogens (tertiary/aromatic N) is 1. The molecular weight excluding hydrogens is 334 g/mol. The summed E-state index contributed by atoms with van der Waals surface area (Å²) in [5.74, 6) is -0.317. The Kier molecular flexibility index (Phi) is 3.98. The second-order valence-corrected chi connectivity index (χ2v) is 5.39. The molecule has 2 rings (SSSR count). The molecule has 0 spiro atoms. The first-order chi connectivity index (χ1) is 8.08. The summed E-state index contributed by atoms with van der Waals surface area (Å²) in [6.07, 6.45) is 0. The van der Waals surface area contributed by atoms with Crippen LogP contribution in [0, 0.1) is 9.39 Å². The maximum atomic E-state index is 13.0. The molecule has 5 heteroatoms. The molecule has 0 bridgehead atoms. The van der Waals surface area contributed by atoms with Gasteiger partial charge in [-0.15, -0.1) is 0 Å². The van der Waals surface area contributed by atoms with Gasteiger partial charge in [-0.1, -0.05) is 0 Å². The molecule has 1 aliphatic heterocycles. The van der Waals surface area contributed by atoms with E-state index in [1.54, 1.807) is 6.07 Å². The number of halogens is 2. The minimum Gasteiger partial charge on any atom is -0.336 e. The molecule has 0 aliphatic carbocycles. The van der Waals surface area contributed by atoms with Gasteiger partial charge in [0.25, 0.3) is 5.91 Å². The summed E-state index contributed by atoms with van der Waals surface area (Å²) < 4.78 is 13.6. The second-order valence-electron chi connectivity index (χ2n) is 4.23. The third-order valence-corrected chi connectivity index (χ3v) is 3.71. The van der Waals surface area contributed by atoms with Gasteiger partial charge in [0.2, 0.25) is 0 Å². The molecule has 1 aliphatic rings. The van der Waals surface area contributed by atoms with E-state index in [0.29, 0.717) is 28.3 Å². The molecule has 1 heterocycles. The third kappa shape index (κ3) is 2.95. The van der Waals surface area contributed by atoms with Crippen LogP contribution in [0.15, 0.2) is 18.2 Å². The zero-order valence-corrected chi connectivity index (χ0v) is 11.7. The lowest BCUT2D eigenvalue weighted by Crippen LogP contribution is -2.51. The maximum Gasteiger partial charge on any atom is 0.255 e. The first-order valence-corrected chi connectivity index (χ1v) is 6.63. The van der Waals surface area contributed by atoms with Crippen LogP contribution in [-0.4, -0.2) is 36.5 Å². The average Bonchev–Trinajstić information content (AvgIpc) is 2.28. The predicted octanol–water partition coefficient (Wildman–Crippen LogP) is 1.86. The third-order valence-electron chi connectivity index (χ3n) is 2.82. The molecule has 1 amide bonds. The highest BCUT2D eigenvalue weighted by Crippen LogP contribution is 2.16. The first-order valence-electron chi connectivity index (χ1n) is 5.55. The van der Waals surface area contributed by atoms with Gasteiger partial charge in [0.1, 0.15) is 5.82 Å². The van der Waals surface area contributed by atoms with Crippen molar-refractivity contribution in [3.63, 3.8) is 0 Å². The Morgan fingerprint density at radius 3 is 3.00 bits per heavy atom. The smallest absolute Gasteiger partial charge is 0.255 e. The van der Waals surface area contributed by atoms with Gasteiger partial charge in [-0.2, -0.15) is 0 Å². The fourth-order valence-corrected chi connectivity index (χ4v) is 2.66. The lowest BCUT2D eigenvalue weighted by Gasteiger charge is -2.32. The van der Waals surface area contributed by atoms with E-state index in [2.05, 4.69) is 12.2 Å². The number of rotatable bonds is 1. The van der Waals surface area contributed by atoms with E-state index in [1.807, 2.05) is 27.5 Å². The van der Waals surface area contributed by atoms with Crippen molar-refractivity contribution in [3.8, 4) is 0 Å². The van der Waals surface area contributed by atoms with Crippen molar-refractivity contribution >= 4 is 28.5 Å². The number of nitrogens with one attached hydrogen (secondary N) is 1. The van der Waals surface area contributed by atoms with Crippen LogP contribution in [0.4, 0.5) is 4.39 Å². The Hall–Kier alpha value is -0.690. The second kappa shape index (κ2) is 5.30. The topological polar surface area (TPSA) is 32.3 Å². The lowest BCUT2D eigenvalue weighted by atomic mass is 10.1. The first kappa shape index (κ1) is 12.8. The van der Waals surface area contributed by atoms with Crippen LogP contribution in [0.5, 0.6) is 0 Å². The summed E-state index contributed by atoms with van der Waals surface area (Å²) >= 11 is 2.00. The zero-order chi connectivity index (χ0) is 12.4. The van der Waals surface area contributed by atoms with E-state index in [0.717, 1.165) is 6.54 Å². The molecule has 92 valence electrons. The molecule has 0 aromatic heterocycles. The molecule has 17 heavy (non-hydrogen) atoms. The summed E-state index contributed by atoms with van der Waals surface area (Å²) in [5, 5.41) is 3.29. The molecule has 1 aromatic rings. The lowest BCUT2D eigenvalue weighted by molar-refractivity contribution is 0.0708. The molecule has 3 nitrogen and oxygen atoms in total. The number of piperazine rings is 1. The van der Waals surface area contributed by atoms with E-state index in [9.17, 15) is 9.18 Å². The average molecular weight is 348 g/mol. The van der Waals surface area contributed by atoms with Crippen molar-refractivity contribution in [1.29, 1.82) is 0 Å². The predicted molar refractivity (Wildman–Crippen MR) is 72.5 cm³/mol. The molecule has 1 N–H and O–H groups in total. The molecule has 0 radical (unpaired) electrons. The number of hydrogen-bond donors (Lipinski definition) is 1. The summed E-state index contributed by atoms with van der Waals surface area (Å²) in [5.41, 5.74) is 0.584. The molecular formula is C12H14FIN2O. The number of carbonyl (C=O) groups is 1. The summed E-state index contributed by atoms with van der Waals surface area (Å²) in [7, 11) is 0. The minimum atomic E-state index is -0.306. The Balaban J connectivity index is 2.18. The van der Waals surface area contributed by atoms with Crippen LogP contribution in [-0.2, 0) is 0 Å². The van der Waals surface area contributed by atoms with E-state index >= 15 is 0 Å². The van der Waals surface area contributed by atoms with Crippen LogP contribution in [0.25, 0.3) is 0 Å². The van der Waals surface area contributed by atoms with Gasteiger partial charge in [0.05, 0.1) is 5.56 Å². The Bertz CT molecular complexity index is 439. The fraction of sp³-hybridized carbons (Fsp3) is 0.417. The van der Waals surface area contributed by atoms with E-state index in [1.165, 1.54) is 12.1 Å². The largest absolute Gasteiger partial charge is 0.336 e. The van der Waals surface area contributed by atoms with Crippen LogP contribution in [0.2, 0.25) is 0 Å². The SMILES string of the molecule is C[C@@H]1CN(C(=O)c2ccc(F)cc2I)CCN1. The van der Waals surface area contributed by atoms with Gasteiger partial charge in [0, 0.05) is 29.2 Å². The molecule has 1 saturated heterocycles. The van der Waals surface area contributed by atoms with Gasteiger partial charge >= 0.3 is 0 Å². The molecule has 0 unspecified atom stereocenters. The highest BCUT2D eigenvalue weighted by Gasteiger charge is 2.23. The van der Waals surface area contributed by atoms with Crippen LogP contribution >= 0.6 is 22.6 Å². The quantitative estimate of drug-likeness (QED) is 0.786. The van der Waals surface area contributed by atoms with Gasteiger partial charge < -0.3 is 10.2 Å². The van der Waals surface area contributed by atoms with Crippen molar-refractivity contribution < 1.29 is 9.18 Å². The summed E-state index contributed by atoms with van der Waals surface area (Å²) in [4.78, 5) is 14.1. The normalized spacial score (nSPS) is 20.4. The van der Waals surface area contributed by atoms with Gasteiger partial charge in [0.15, 0.2) is 0 Å². The van der Waals surface area contributed by atoms with E-state index < -0.39 is 0 Å². The standard InChI is InChI=1S/C12H14FIN2O/c1-8-7-16(5-4-15-8)12(17)10-3-2-9(13)6-11(10)14/h2-3,6,8,15H,4-5,7H2,1H3/t8-/m1/s1. The van der Waals surface area contributed by atoms with Gasteiger partial charge in [-0.25, -0.2) is 4.39 Å². The molecule has 0 saturated carbocycles. The Morgan fingerprint density at radius 2 is 2.35 bits per heavy atom. The highest BCUT2D eigenvalue weighted by molar-refractivity contribution is 14.1. The zero-order valence-electron chi connectivity index (χ0n) is 9.54. The van der Waals surface area contributed by atoms with Crippen molar-refractivity contribution in [2.24, 2.45) is 0 Å². The van der Waals surface area contributed by atoms with Crippen molar-refractivity contribution in [2.75, 3.05) is 19.6 Å². The highest BCUT2D eigenvalue weighted by atomic mass is 127. The Labute approximate surface area is 114 Å². The van der Waals surface area contributed by atoms with Crippen molar-refractivity contribution in [3.05, 3.63) is 33.1 Å². The number of carbonyl (C=O) groups excluding carboxylic acids is 1. The molecule has 1 atom stereocenters. The summed E-state index contributed by atoms with van der Waals surface area (Å²) in [6.45, 7) is 4.27. The van der Waals surface area contributed by atoms with Crippen molar-refractivity contribution in [1.82, 2.24) is 10.2 Å². The van der Waals surface area contributed by atoms with E-state index in [4.69, 9.17) is 0 Å². The molecule has 1 fully saturated rings. The fourth-order valence-electron chi connectivity index (χ4n) is 1.95. The van der Waals surface area contributed by atoms with Crippen LogP contribution in [0.3, 0.4) is 0 Å². The number of amides is 1. The maximum absolute atomic E-state index is 13.0. The van der Waals surface area contributed by atoms with E-state index in [-0.39, 0.29) is 11.7 Å². The Morgan fingerprint density at radius 1 is 1.59 bits per heavy atom. The van der Waals surface area contributed by atoms with Crippen molar-refractivity contribution in [2.45, 2.75) is 13.0 Å². The monoisotopic (exact) mass is 348 g/mol. The van der Waals surface area contributed by atoms with Gasteiger partial charge in [-0.3, -0.25) is 4.79 Å². The number of benzene rings is 1. The number of hydrogen-bond acceptors (Lipinski definition) is 2. The van der Waals surface area contributed by atoms with Crippen LogP contribution < -0.4 is 5.32 Å². The minimum absolute atomic E-state index is 0.0113. The van der Waals surface area contributed by atoms with Gasteiger partial charge in [-0.05, 0) is 47.7 Å². The van der Waals surface area contributed by atoms with Crippen LogP contribution in [0.1, 0.15) is 17.3 Å².